The molecule has 0 aliphatic heterocycles. The van der Waals surface area contributed by atoms with E-state index in [9.17, 15) is 4.39 Å². The average molecular weight is 345 g/mol. The Bertz CT molecular complexity index is 441. The zero-order chi connectivity index (χ0) is 13.8. The van der Waals surface area contributed by atoms with Crippen molar-refractivity contribution in [3.63, 3.8) is 0 Å². The van der Waals surface area contributed by atoms with Crippen molar-refractivity contribution in [2.45, 2.75) is 38.3 Å². The number of thiocarbonyl (C=S) groups is 1. The summed E-state index contributed by atoms with van der Waals surface area (Å²) in [6.07, 6.45) is 4.87. The third-order valence-corrected chi connectivity index (χ3v) is 4.09. The van der Waals surface area contributed by atoms with Gasteiger partial charge in [0.1, 0.15) is 5.82 Å². The van der Waals surface area contributed by atoms with E-state index in [1.165, 1.54) is 31.7 Å². The monoisotopic (exact) mass is 344 g/mol. The van der Waals surface area contributed by atoms with Crippen molar-refractivity contribution in [1.29, 1.82) is 0 Å². The Balaban J connectivity index is 2.11. The van der Waals surface area contributed by atoms with Crippen LogP contribution in [-0.2, 0) is 6.54 Å². The van der Waals surface area contributed by atoms with Crippen LogP contribution < -0.4 is 5.73 Å². The summed E-state index contributed by atoms with van der Waals surface area (Å²) in [6.45, 7) is 1.30. The molecule has 1 aromatic rings. The lowest BCUT2D eigenvalue weighted by molar-refractivity contribution is 0.218. The molecular weight excluding hydrogens is 327 g/mol. The van der Waals surface area contributed by atoms with Crippen molar-refractivity contribution >= 4 is 33.1 Å². The van der Waals surface area contributed by atoms with Crippen molar-refractivity contribution in [2.24, 2.45) is 5.73 Å². The van der Waals surface area contributed by atoms with Crippen LogP contribution in [-0.4, -0.2) is 22.5 Å². The van der Waals surface area contributed by atoms with Crippen molar-refractivity contribution in [3.05, 3.63) is 34.1 Å². The zero-order valence-corrected chi connectivity index (χ0v) is 13.1. The van der Waals surface area contributed by atoms with E-state index in [0.717, 1.165) is 10.0 Å². The van der Waals surface area contributed by atoms with Crippen molar-refractivity contribution in [2.75, 3.05) is 6.54 Å². The zero-order valence-electron chi connectivity index (χ0n) is 10.7. The third kappa shape index (κ3) is 4.51. The first-order valence-electron chi connectivity index (χ1n) is 6.52. The van der Waals surface area contributed by atoms with Gasteiger partial charge in [0.05, 0.1) is 4.99 Å². The Morgan fingerprint density at radius 3 is 2.63 bits per heavy atom. The molecule has 0 heterocycles. The molecule has 1 fully saturated rings. The summed E-state index contributed by atoms with van der Waals surface area (Å²) < 4.78 is 14.2. The van der Waals surface area contributed by atoms with Gasteiger partial charge in [-0.3, -0.25) is 4.90 Å². The largest absolute Gasteiger partial charge is 0.392 e. The molecule has 0 radical (unpaired) electrons. The van der Waals surface area contributed by atoms with Gasteiger partial charge >= 0.3 is 0 Å². The maximum absolute atomic E-state index is 13.4. The fourth-order valence-corrected chi connectivity index (χ4v) is 3.40. The van der Waals surface area contributed by atoms with Crippen LogP contribution in [0.5, 0.6) is 0 Å². The second-order valence-corrected chi connectivity index (χ2v) is 6.53. The molecule has 0 aromatic heterocycles. The molecule has 19 heavy (non-hydrogen) atoms. The molecule has 0 amide bonds. The van der Waals surface area contributed by atoms with E-state index < -0.39 is 0 Å². The number of nitrogens with zero attached hydrogens (tertiary/aromatic N) is 1. The smallest absolute Gasteiger partial charge is 0.124 e. The molecule has 1 aliphatic carbocycles. The lowest BCUT2D eigenvalue weighted by atomic mass is 10.1. The van der Waals surface area contributed by atoms with Gasteiger partial charge < -0.3 is 5.73 Å². The molecule has 0 atom stereocenters. The minimum Gasteiger partial charge on any atom is -0.392 e. The first-order chi connectivity index (χ1) is 9.04. The van der Waals surface area contributed by atoms with Crippen LogP contribution in [0, 0.1) is 5.82 Å². The number of hydrogen-bond acceptors (Lipinski definition) is 2. The molecule has 104 valence electrons. The van der Waals surface area contributed by atoms with Crippen LogP contribution in [0.25, 0.3) is 0 Å². The van der Waals surface area contributed by atoms with Crippen LogP contribution in [0.15, 0.2) is 22.7 Å². The molecule has 1 saturated carbocycles. The maximum Gasteiger partial charge on any atom is 0.124 e. The van der Waals surface area contributed by atoms with Gasteiger partial charge in [0.2, 0.25) is 0 Å². The fourth-order valence-electron chi connectivity index (χ4n) is 2.72. The summed E-state index contributed by atoms with van der Waals surface area (Å²) in [5, 5.41) is 0. The highest BCUT2D eigenvalue weighted by molar-refractivity contribution is 9.10. The first-order valence-corrected chi connectivity index (χ1v) is 7.72. The van der Waals surface area contributed by atoms with Crippen molar-refractivity contribution in [1.82, 2.24) is 4.90 Å². The lowest BCUT2D eigenvalue weighted by Crippen LogP contribution is -2.38. The van der Waals surface area contributed by atoms with Crippen molar-refractivity contribution in [3.8, 4) is 0 Å². The topological polar surface area (TPSA) is 29.3 Å². The summed E-state index contributed by atoms with van der Waals surface area (Å²) >= 11 is 8.36. The van der Waals surface area contributed by atoms with Crippen LogP contribution in [0.1, 0.15) is 31.2 Å². The second kappa shape index (κ2) is 6.77. The van der Waals surface area contributed by atoms with Gasteiger partial charge in [-0.05, 0) is 36.6 Å². The Morgan fingerprint density at radius 2 is 2.05 bits per heavy atom. The van der Waals surface area contributed by atoms with E-state index in [4.69, 9.17) is 18.0 Å². The van der Waals surface area contributed by atoms with E-state index in [1.807, 2.05) is 6.07 Å². The number of halogens is 2. The molecule has 5 heteroatoms. The Morgan fingerprint density at radius 1 is 1.37 bits per heavy atom. The quantitative estimate of drug-likeness (QED) is 0.827. The molecule has 2 rings (SSSR count). The molecule has 1 aliphatic rings. The van der Waals surface area contributed by atoms with E-state index in [1.54, 1.807) is 6.07 Å². The molecule has 2 nitrogen and oxygen atoms in total. The van der Waals surface area contributed by atoms with Gasteiger partial charge in [-0.25, -0.2) is 4.39 Å². The number of nitrogens with two attached hydrogens (primary N) is 1. The number of rotatable bonds is 5. The van der Waals surface area contributed by atoms with E-state index >= 15 is 0 Å². The van der Waals surface area contributed by atoms with Gasteiger partial charge in [-0.2, -0.15) is 0 Å². The Hall–Kier alpha value is -0.520. The van der Waals surface area contributed by atoms with Crippen LogP contribution in [0.2, 0.25) is 0 Å². The van der Waals surface area contributed by atoms with Crippen molar-refractivity contribution < 1.29 is 4.39 Å². The van der Waals surface area contributed by atoms with Gasteiger partial charge in [0.15, 0.2) is 0 Å². The predicted octanol–water partition coefficient (Wildman–Crippen LogP) is 3.62. The predicted molar refractivity (Wildman–Crippen MR) is 83.6 cm³/mol. The van der Waals surface area contributed by atoms with Gasteiger partial charge in [-0.15, -0.1) is 0 Å². The minimum absolute atomic E-state index is 0.217. The van der Waals surface area contributed by atoms with Gasteiger partial charge in [0, 0.05) is 23.6 Å². The molecule has 0 bridgehead atoms. The third-order valence-electron chi connectivity index (χ3n) is 3.51. The highest BCUT2D eigenvalue weighted by atomic mass is 79.9. The van der Waals surface area contributed by atoms with Crippen LogP contribution in [0.4, 0.5) is 4.39 Å². The normalized spacial score (nSPS) is 16.2. The Labute approximate surface area is 127 Å². The highest BCUT2D eigenvalue weighted by Gasteiger charge is 2.23. The highest BCUT2D eigenvalue weighted by Crippen LogP contribution is 2.25. The summed E-state index contributed by atoms with van der Waals surface area (Å²) in [7, 11) is 0. The Kier molecular flexibility index (Phi) is 5.30. The van der Waals surface area contributed by atoms with E-state index in [-0.39, 0.29) is 5.82 Å². The number of hydrogen-bond donors (Lipinski definition) is 1. The van der Waals surface area contributed by atoms with Crippen LogP contribution >= 0.6 is 28.1 Å². The summed E-state index contributed by atoms with van der Waals surface area (Å²) in [6, 6.07) is 5.51. The molecule has 2 N–H and O–H groups in total. The van der Waals surface area contributed by atoms with Gasteiger partial charge in [-0.1, -0.05) is 41.0 Å². The van der Waals surface area contributed by atoms with Gasteiger partial charge in [0.25, 0.3) is 0 Å². The SMILES string of the molecule is NC(=S)CN(Cc1cc(F)cc(Br)c1)C1CCCC1. The fraction of sp³-hybridized carbons (Fsp3) is 0.500. The minimum atomic E-state index is -0.217. The number of benzene rings is 1. The molecule has 0 unspecified atom stereocenters. The second-order valence-electron chi connectivity index (χ2n) is 5.09. The molecule has 0 saturated heterocycles. The van der Waals surface area contributed by atoms with E-state index in [0.29, 0.717) is 24.1 Å². The maximum atomic E-state index is 13.4. The standard InChI is InChI=1S/C14H18BrFN2S/c15-11-5-10(6-12(16)7-11)8-18(9-14(17)19)13-3-1-2-4-13/h5-7,13H,1-4,8-9H2,(H2,17,19). The first kappa shape index (κ1) is 14.9. The lowest BCUT2D eigenvalue weighted by Gasteiger charge is -2.28. The summed E-state index contributed by atoms with van der Waals surface area (Å²) in [5.41, 5.74) is 6.63. The average Bonchev–Trinajstić information content (AvgIpc) is 2.79. The molecule has 0 spiro atoms. The summed E-state index contributed by atoms with van der Waals surface area (Å²) in [5.74, 6) is -0.217. The summed E-state index contributed by atoms with van der Waals surface area (Å²) in [4.78, 5) is 2.78. The van der Waals surface area contributed by atoms with Crippen LogP contribution in [0.3, 0.4) is 0 Å². The molecular formula is C14H18BrFN2S. The molecule has 1 aromatic carbocycles. The van der Waals surface area contributed by atoms with E-state index in [2.05, 4.69) is 20.8 Å².